The molecule has 3 atom stereocenters. The van der Waals surface area contributed by atoms with Crippen molar-refractivity contribution < 1.29 is 27.9 Å². The van der Waals surface area contributed by atoms with Crippen LogP contribution in [-0.2, 0) is 4.79 Å². The number of nitrogens with zero attached hydrogens (tertiary/aromatic N) is 3. The summed E-state index contributed by atoms with van der Waals surface area (Å²) in [5.74, 6) is -3.38. The third-order valence-electron chi connectivity index (χ3n) is 5.70. The Kier molecular flexibility index (Phi) is 4.91. The molecule has 0 spiro atoms. The van der Waals surface area contributed by atoms with Gasteiger partial charge < -0.3 is 15.3 Å². The number of benzene rings is 1. The number of pyridine rings is 1. The fraction of sp³-hybridized carbons (Fsp3) is 0.350. The molecule has 2 aromatic rings. The van der Waals surface area contributed by atoms with Gasteiger partial charge in [-0.2, -0.15) is 13.2 Å². The number of carbonyl (C=O) groups excluding carboxylic acids is 2. The van der Waals surface area contributed by atoms with Gasteiger partial charge in [0, 0.05) is 19.3 Å². The summed E-state index contributed by atoms with van der Waals surface area (Å²) >= 11 is 0. The molecule has 1 fully saturated rings. The van der Waals surface area contributed by atoms with Gasteiger partial charge in [-0.15, -0.1) is 0 Å². The number of hydrogen-bond donors (Lipinski definition) is 2. The number of amides is 2. The molecule has 164 valence electrons. The summed E-state index contributed by atoms with van der Waals surface area (Å²) in [5.41, 5.74) is -0.428. The number of nitrogens with one attached hydrogen (secondary N) is 1. The van der Waals surface area contributed by atoms with Crippen LogP contribution in [-0.4, -0.2) is 51.9 Å². The highest BCUT2D eigenvalue weighted by molar-refractivity contribution is 5.96. The quantitative estimate of drug-likeness (QED) is 0.744. The van der Waals surface area contributed by atoms with Crippen LogP contribution in [0.15, 0.2) is 47.4 Å². The van der Waals surface area contributed by atoms with E-state index in [9.17, 15) is 32.7 Å². The van der Waals surface area contributed by atoms with Crippen LogP contribution in [0, 0.1) is 0 Å². The lowest BCUT2D eigenvalue weighted by atomic mass is 9.89. The third kappa shape index (κ3) is 3.39. The topological polar surface area (TPSA) is 94.9 Å². The van der Waals surface area contributed by atoms with E-state index in [1.807, 2.05) is 0 Å². The first-order chi connectivity index (χ1) is 14.6. The molecule has 11 heteroatoms. The van der Waals surface area contributed by atoms with Crippen LogP contribution in [0.1, 0.15) is 34.9 Å². The fourth-order valence-corrected chi connectivity index (χ4v) is 4.28. The minimum atomic E-state index is -5.05. The minimum absolute atomic E-state index is 0.182. The van der Waals surface area contributed by atoms with E-state index in [0.717, 1.165) is 6.07 Å². The van der Waals surface area contributed by atoms with E-state index in [4.69, 9.17) is 0 Å². The Hall–Kier alpha value is -3.50. The van der Waals surface area contributed by atoms with Gasteiger partial charge in [0.15, 0.2) is 11.4 Å². The maximum atomic E-state index is 13.0. The maximum Gasteiger partial charge on any atom is 0.471 e. The Morgan fingerprint density at radius 1 is 1.13 bits per heavy atom. The highest BCUT2D eigenvalue weighted by atomic mass is 19.4. The molecule has 0 bridgehead atoms. The van der Waals surface area contributed by atoms with Gasteiger partial charge in [-0.1, -0.05) is 30.3 Å². The number of fused-ring (bicyclic) bond motifs is 3. The monoisotopic (exact) mass is 436 g/mol. The van der Waals surface area contributed by atoms with Gasteiger partial charge in [0.1, 0.15) is 6.17 Å². The number of rotatable bonds is 2. The molecule has 1 unspecified atom stereocenters. The number of piperidine rings is 1. The fourth-order valence-electron chi connectivity index (χ4n) is 4.28. The van der Waals surface area contributed by atoms with Crippen molar-refractivity contribution in [1.82, 2.24) is 14.9 Å². The number of aromatic nitrogens is 1. The normalized spacial score (nSPS) is 23.2. The van der Waals surface area contributed by atoms with Crippen molar-refractivity contribution in [2.45, 2.75) is 37.3 Å². The molecule has 1 aromatic carbocycles. The summed E-state index contributed by atoms with van der Waals surface area (Å²) in [6, 6.07) is 7.92. The first kappa shape index (κ1) is 20.8. The third-order valence-corrected chi connectivity index (χ3v) is 5.70. The molecular weight excluding hydrogens is 417 g/mol. The molecule has 2 aliphatic rings. The number of alkyl halides is 3. The number of hydrogen-bond acceptors (Lipinski definition) is 5. The molecule has 2 N–H and O–H groups in total. The largest absolute Gasteiger partial charge is 0.502 e. The standard InChI is InChI=1S/C20H19F3N4O4/c1-25-14-8-7-12(24-19(31)20(21,22)23)15(11-5-3-2-4-6-11)27(14)26-10-9-13(28)17(29)16(26)18(25)30/h2-6,9-10,12,14-15,29H,7-8H2,1H3,(H,24,31)/t12?,14-,15+/m0/s1. The summed E-state index contributed by atoms with van der Waals surface area (Å²) < 4.78 is 40.2. The second-order valence-corrected chi connectivity index (χ2v) is 7.51. The highest BCUT2D eigenvalue weighted by Gasteiger charge is 2.49. The summed E-state index contributed by atoms with van der Waals surface area (Å²) in [6.45, 7) is 0. The molecule has 2 amide bonds. The van der Waals surface area contributed by atoms with Crippen LogP contribution < -0.4 is 15.8 Å². The average molecular weight is 436 g/mol. The van der Waals surface area contributed by atoms with E-state index < -0.39 is 47.4 Å². The molecule has 3 heterocycles. The van der Waals surface area contributed by atoms with Crippen molar-refractivity contribution in [2.75, 3.05) is 12.1 Å². The number of carbonyl (C=O) groups is 2. The SMILES string of the molecule is CN1C(=O)c2c(O)c(=O)ccn2N2[C@H](c3ccccc3)C(NC(=O)C(F)(F)F)CC[C@@H]12. The molecule has 4 rings (SSSR count). The summed E-state index contributed by atoms with van der Waals surface area (Å²) in [6.07, 6.45) is -3.86. The Labute approximate surface area is 174 Å². The molecule has 2 aliphatic heterocycles. The van der Waals surface area contributed by atoms with Crippen molar-refractivity contribution in [3.63, 3.8) is 0 Å². The Morgan fingerprint density at radius 3 is 2.45 bits per heavy atom. The van der Waals surface area contributed by atoms with E-state index in [-0.39, 0.29) is 18.5 Å². The van der Waals surface area contributed by atoms with E-state index in [1.165, 1.54) is 22.8 Å². The zero-order valence-electron chi connectivity index (χ0n) is 16.3. The van der Waals surface area contributed by atoms with Crippen molar-refractivity contribution in [1.29, 1.82) is 0 Å². The smallest absolute Gasteiger partial charge is 0.471 e. The van der Waals surface area contributed by atoms with E-state index in [2.05, 4.69) is 5.32 Å². The lowest BCUT2D eigenvalue weighted by Gasteiger charge is -2.53. The number of aromatic hydroxyl groups is 1. The van der Waals surface area contributed by atoms with Crippen LogP contribution in [0.3, 0.4) is 0 Å². The van der Waals surface area contributed by atoms with Gasteiger partial charge in [0.2, 0.25) is 5.43 Å². The summed E-state index contributed by atoms with van der Waals surface area (Å²) in [4.78, 5) is 37.8. The second kappa shape index (κ2) is 7.33. The lowest BCUT2D eigenvalue weighted by molar-refractivity contribution is -0.174. The van der Waals surface area contributed by atoms with Crippen LogP contribution in [0.5, 0.6) is 5.75 Å². The average Bonchev–Trinajstić information content (AvgIpc) is 2.73. The van der Waals surface area contributed by atoms with Crippen molar-refractivity contribution in [2.24, 2.45) is 0 Å². The van der Waals surface area contributed by atoms with Crippen LogP contribution >= 0.6 is 0 Å². The van der Waals surface area contributed by atoms with Gasteiger partial charge in [-0.25, -0.2) is 0 Å². The van der Waals surface area contributed by atoms with Crippen molar-refractivity contribution in [3.05, 3.63) is 64.1 Å². The molecule has 31 heavy (non-hydrogen) atoms. The minimum Gasteiger partial charge on any atom is -0.502 e. The van der Waals surface area contributed by atoms with Gasteiger partial charge in [-0.05, 0) is 18.4 Å². The van der Waals surface area contributed by atoms with E-state index >= 15 is 0 Å². The first-order valence-electron chi connectivity index (χ1n) is 9.54. The lowest BCUT2D eigenvalue weighted by Crippen LogP contribution is -2.67. The summed E-state index contributed by atoms with van der Waals surface area (Å²) in [7, 11) is 1.50. The Bertz CT molecular complexity index is 1090. The molecular formula is C20H19F3N4O4. The zero-order chi connectivity index (χ0) is 22.5. The van der Waals surface area contributed by atoms with Gasteiger partial charge in [0.25, 0.3) is 5.91 Å². The maximum absolute atomic E-state index is 13.0. The zero-order valence-corrected chi connectivity index (χ0v) is 16.3. The van der Waals surface area contributed by atoms with Crippen molar-refractivity contribution in [3.8, 4) is 5.75 Å². The van der Waals surface area contributed by atoms with E-state index in [0.29, 0.717) is 5.56 Å². The van der Waals surface area contributed by atoms with E-state index in [1.54, 1.807) is 35.3 Å². The predicted octanol–water partition coefficient (Wildman–Crippen LogP) is 1.49. The Morgan fingerprint density at radius 2 is 1.81 bits per heavy atom. The number of halogens is 3. The van der Waals surface area contributed by atoms with Crippen molar-refractivity contribution >= 4 is 11.8 Å². The van der Waals surface area contributed by atoms with Crippen LogP contribution in [0.2, 0.25) is 0 Å². The van der Waals surface area contributed by atoms with Crippen LogP contribution in [0.4, 0.5) is 13.2 Å². The van der Waals surface area contributed by atoms with Crippen LogP contribution in [0.25, 0.3) is 0 Å². The molecule has 0 aliphatic carbocycles. The molecule has 1 saturated heterocycles. The highest BCUT2D eigenvalue weighted by Crippen LogP contribution is 2.38. The first-order valence-corrected chi connectivity index (χ1v) is 9.54. The molecule has 0 radical (unpaired) electrons. The van der Waals surface area contributed by atoms with Gasteiger partial charge in [-0.3, -0.25) is 24.1 Å². The molecule has 8 nitrogen and oxygen atoms in total. The molecule has 1 aromatic heterocycles. The Balaban J connectivity index is 1.87. The predicted molar refractivity (Wildman–Crippen MR) is 103 cm³/mol. The molecule has 0 saturated carbocycles. The summed E-state index contributed by atoms with van der Waals surface area (Å²) in [5, 5.41) is 14.0. The second-order valence-electron chi connectivity index (χ2n) is 7.51. The van der Waals surface area contributed by atoms with Gasteiger partial charge >= 0.3 is 12.1 Å². The van der Waals surface area contributed by atoms with Gasteiger partial charge in [0.05, 0.1) is 12.1 Å².